The highest BCUT2D eigenvalue weighted by Crippen LogP contribution is 2.36. The van der Waals surface area contributed by atoms with Crippen molar-refractivity contribution in [1.29, 1.82) is 0 Å². The van der Waals surface area contributed by atoms with E-state index in [0.29, 0.717) is 24.5 Å². The molecule has 0 aliphatic carbocycles. The van der Waals surface area contributed by atoms with Crippen molar-refractivity contribution >= 4 is 23.2 Å². The number of carbonyl (C=O) groups is 2. The second kappa shape index (κ2) is 7.90. The predicted octanol–water partition coefficient (Wildman–Crippen LogP) is 2.24. The fourth-order valence-corrected chi connectivity index (χ4v) is 3.36. The van der Waals surface area contributed by atoms with E-state index in [1.165, 1.54) is 0 Å². The Morgan fingerprint density at radius 3 is 2.48 bits per heavy atom. The predicted molar refractivity (Wildman–Crippen MR) is 105 cm³/mol. The zero-order chi connectivity index (χ0) is 19.4. The van der Waals surface area contributed by atoms with Gasteiger partial charge in [0.2, 0.25) is 11.8 Å². The average molecular weight is 367 g/mol. The van der Waals surface area contributed by atoms with Gasteiger partial charge in [-0.15, -0.1) is 0 Å². The van der Waals surface area contributed by atoms with E-state index >= 15 is 0 Å². The number of aliphatic hydroxyl groups is 1. The molecule has 1 aliphatic rings. The molecule has 3 rings (SSSR count). The molecule has 0 saturated heterocycles. The van der Waals surface area contributed by atoms with Gasteiger partial charge in [-0.05, 0) is 31.5 Å². The molecule has 0 spiro atoms. The fraction of sp³-hybridized carbons (Fsp3) is 0.333. The van der Waals surface area contributed by atoms with Crippen molar-refractivity contribution in [3.8, 4) is 0 Å². The summed E-state index contributed by atoms with van der Waals surface area (Å²) in [6, 6.07) is 17.1. The number of nitrogens with zero attached hydrogens (tertiary/aromatic N) is 2. The van der Waals surface area contributed by atoms with Crippen LogP contribution in [0.1, 0.15) is 19.4 Å². The van der Waals surface area contributed by atoms with Gasteiger partial charge in [0.1, 0.15) is 5.54 Å². The first-order chi connectivity index (χ1) is 12.9. The summed E-state index contributed by atoms with van der Waals surface area (Å²) in [5, 5.41) is 12.3. The Balaban J connectivity index is 1.85. The van der Waals surface area contributed by atoms with Gasteiger partial charge in [0.05, 0.1) is 24.5 Å². The van der Waals surface area contributed by atoms with Gasteiger partial charge in [-0.3, -0.25) is 19.4 Å². The number of amides is 2. The molecule has 0 unspecified atom stereocenters. The Bertz CT molecular complexity index is 820. The highest BCUT2D eigenvalue weighted by Gasteiger charge is 2.43. The number of carbonyl (C=O) groups excluding carboxylic acids is 2. The number of benzene rings is 2. The van der Waals surface area contributed by atoms with Gasteiger partial charge >= 0.3 is 0 Å². The minimum absolute atomic E-state index is 0.0411. The van der Waals surface area contributed by atoms with Gasteiger partial charge in [-0.1, -0.05) is 42.5 Å². The van der Waals surface area contributed by atoms with E-state index in [-0.39, 0.29) is 25.0 Å². The number of rotatable bonds is 6. The van der Waals surface area contributed by atoms with Crippen LogP contribution < -0.4 is 10.2 Å². The van der Waals surface area contributed by atoms with Crippen molar-refractivity contribution in [2.75, 3.05) is 29.9 Å². The number of anilines is 2. The molecule has 0 aromatic heterocycles. The lowest BCUT2D eigenvalue weighted by Gasteiger charge is -2.42. The summed E-state index contributed by atoms with van der Waals surface area (Å²) in [7, 11) is 0. The Labute approximate surface area is 159 Å². The van der Waals surface area contributed by atoms with Crippen LogP contribution in [0.5, 0.6) is 0 Å². The molecule has 27 heavy (non-hydrogen) atoms. The van der Waals surface area contributed by atoms with Crippen molar-refractivity contribution in [2.45, 2.75) is 25.9 Å². The van der Waals surface area contributed by atoms with Crippen molar-refractivity contribution in [3.05, 3.63) is 60.2 Å². The van der Waals surface area contributed by atoms with E-state index in [1.807, 2.05) is 53.4 Å². The monoisotopic (exact) mass is 367 g/mol. The lowest BCUT2D eigenvalue weighted by molar-refractivity contribution is -0.127. The molecule has 0 radical (unpaired) electrons. The smallest absolute Gasteiger partial charge is 0.250 e. The van der Waals surface area contributed by atoms with Crippen molar-refractivity contribution < 1.29 is 14.7 Å². The number of hydrogen-bond acceptors (Lipinski definition) is 4. The molecule has 6 nitrogen and oxygen atoms in total. The summed E-state index contributed by atoms with van der Waals surface area (Å²) in [4.78, 5) is 29.2. The lowest BCUT2D eigenvalue weighted by Crippen LogP contribution is -2.60. The number of fused-ring (bicyclic) bond motifs is 1. The normalized spacial score (nSPS) is 15.4. The molecule has 1 heterocycles. The highest BCUT2D eigenvalue weighted by atomic mass is 16.3. The van der Waals surface area contributed by atoms with Crippen LogP contribution in [0.15, 0.2) is 54.6 Å². The van der Waals surface area contributed by atoms with Gasteiger partial charge < -0.3 is 10.4 Å². The first-order valence-corrected chi connectivity index (χ1v) is 9.04. The van der Waals surface area contributed by atoms with E-state index in [2.05, 4.69) is 5.32 Å². The van der Waals surface area contributed by atoms with Gasteiger partial charge in [0.25, 0.3) is 0 Å². The summed E-state index contributed by atoms with van der Waals surface area (Å²) in [6.45, 7) is 4.48. The van der Waals surface area contributed by atoms with E-state index < -0.39 is 5.54 Å². The van der Waals surface area contributed by atoms with Crippen LogP contribution >= 0.6 is 0 Å². The van der Waals surface area contributed by atoms with Crippen LogP contribution in [0.25, 0.3) is 0 Å². The SMILES string of the molecule is CC1(C)C(=O)Nc2ccccc2N1C(=O)CN(CCO)Cc1ccccc1. The third kappa shape index (κ3) is 4.02. The van der Waals surface area contributed by atoms with Crippen LogP contribution in [0.2, 0.25) is 0 Å². The van der Waals surface area contributed by atoms with E-state index in [9.17, 15) is 14.7 Å². The highest BCUT2D eigenvalue weighted by molar-refractivity contribution is 6.14. The second-order valence-corrected chi connectivity index (χ2v) is 7.18. The fourth-order valence-electron chi connectivity index (χ4n) is 3.36. The molecule has 0 bridgehead atoms. The standard InChI is InChI=1S/C21H25N3O3/c1-21(2)20(27)22-17-10-6-7-11-18(17)24(21)19(26)15-23(12-13-25)14-16-8-4-3-5-9-16/h3-11,25H,12-15H2,1-2H3,(H,22,27). The molecule has 142 valence electrons. The summed E-state index contributed by atoms with van der Waals surface area (Å²) in [6.07, 6.45) is 0. The maximum absolute atomic E-state index is 13.2. The zero-order valence-electron chi connectivity index (χ0n) is 15.7. The molecule has 2 aromatic rings. The average Bonchev–Trinajstić information content (AvgIpc) is 2.63. The molecule has 0 saturated carbocycles. The molecule has 1 aliphatic heterocycles. The molecule has 0 atom stereocenters. The van der Waals surface area contributed by atoms with Crippen molar-refractivity contribution in [3.63, 3.8) is 0 Å². The number of aliphatic hydroxyl groups excluding tert-OH is 1. The molecule has 2 amide bonds. The van der Waals surface area contributed by atoms with Crippen LogP contribution in [0.3, 0.4) is 0 Å². The van der Waals surface area contributed by atoms with Gasteiger partial charge in [-0.2, -0.15) is 0 Å². The maximum atomic E-state index is 13.2. The summed E-state index contributed by atoms with van der Waals surface area (Å²) in [5.41, 5.74) is 1.39. The van der Waals surface area contributed by atoms with E-state index in [4.69, 9.17) is 0 Å². The zero-order valence-corrected chi connectivity index (χ0v) is 15.7. The largest absolute Gasteiger partial charge is 0.395 e. The second-order valence-electron chi connectivity index (χ2n) is 7.18. The minimum atomic E-state index is -0.997. The first-order valence-electron chi connectivity index (χ1n) is 9.04. The number of nitrogens with one attached hydrogen (secondary N) is 1. The third-order valence-electron chi connectivity index (χ3n) is 4.78. The molecule has 0 fully saturated rings. The summed E-state index contributed by atoms with van der Waals surface area (Å²) >= 11 is 0. The maximum Gasteiger partial charge on any atom is 0.250 e. The van der Waals surface area contributed by atoms with Crippen LogP contribution in [-0.2, 0) is 16.1 Å². The van der Waals surface area contributed by atoms with Gasteiger partial charge in [0.15, 0.2) is 0 Å². The molecular formula is C21H25N3O3. The number of hydrogen-bond donors (Lipinski definition) is 2. The Morgan fingerprint density at radius 2 is 1.78 bits per heavy atom. The molecule has 6 heteroatoms. The van der Waals surface area contributed by atoms with Crippen molar-refractivity contribution in [1.82, 2.24) is 4.90 Å². The van der Waals surface area contributed by atoms with Gasteiger partial charge in [0, 0.05) is 13.1 Å². The third-order valence-corrected chi connectivity index (χ3v) is 4.78. The van der Waals surface area contributed by atoms with E-state index in [0.717, 1.165) is 5.56 Å². The first kappa shape index (κ1) is 19.1. The van der Waals surface area contributed by atoms with E-state index in [1.54, 1.807) is 24.8 Å². The van der Waals surface area contributed by atoms with Crippen LogP contribution in [0, 0.1) is 0 Å². The quantitative estimate of drug-likeness (QED) is 0.821. The molecular weight excluding hydrogens is 342 g/mol. The van der Waals surface area contributed by atoms with Crippen LogP contribution in [-0.4, -0.2) is 47.1 Å². The summed E-state index contributed by atoms with van der Waals surface area (Å²) < 4.78 is 0. The molecule has 2 aromatic carbocycles. The number of para-hydroxylation sites is 2. The Hall–Kier alpha value is -2.70. The van der Waals surface area contributed by atoms with Gasteiger partial charge in [-0.25, -0.2) is 0 Å². The Kier molecular flexibility index (Phi) is 5.58. The minimum Gasteiger partial charge on any atom is -0.395 e. The van der Waals surface area contributed by atoms with Crippen molar-refractivity contribution in [2.24, 2.45) is 0 Å². The summed E-state index contributed by atoms with van der Waals surface area (Å²) in [5.74, 6) is -0.391. The molecule has 2 N–H and O–H groups in total. The Morgan fingerprint density at radius 1 is 1.11 bits per heavy atom. The lowest BCUT2D eigenvalue weighted by atomic mass is 9.96. The topological polar surface area (TPSA) is 72.9 Å². The van der Waals surface area contributed by atoms with Crippen LogP contribution in [0.4, 0.5) is 11.4 Å².